The molecule has 1 aliphatic heterocycles. The average molecular weight is 321 g/mol. The highest BCUT2D eigenvalue weighted by atomic mass is 32.2. The lowest BCUT2D eigenvalue weighted by atomic mass is 10.2. The number of carbonyl (C=O) groups is 1. The number of aliphatic hydroxyl groups is 1. The van der Waals surface area contributed by atoms with E-state index in [1.54, 1.807) is 4.90 Å². The van der Waals surface area contributed by atoms with E-state index in [4.69, 9.17) is 14.6 Å². The van der Waals surface area contributed by atoms with Crippen molar-refractivity contribution in [3.63, 3.8) is 0 Å². The lowest BCUT2D eigenvalue weighted by molar-refractivity contribution is 0.0301. The van der Waals surface area contributed by atoms with E-state index in [9.17, 15) is 13.2 Å². The van der Waals surface area contributed by atoms with Gasteiger partial charge in [0.05, 0.1) is 25.9 Å². The third-order valence-corrected chi connectivity index (χ3v) is 5.79. The Morgan fingerprint density at radius 3 is 2.70 bits per heavy atom. The Labute approximate surface area is 120 Å². The summed E-state index contributed by atoms with van der Waals surface area (Å²) in [5.41, 5.74) is 0.200. The molecule has 7 nitrogen and oxygen atoms in total. The summed E-state index contributed by atoms with van der Waals surface area (Å²) in [6.45, 7) is 1.83. The molecule has 0 aliphatic carbocycles. The Morgan fingerprint density at radius 2 is 2.15 bits per heavy atom. The summed E-state index contributed by atoms with van der Waals surface area (Å²) in [5, 5.41) is 10.4. The first-order valence-corrected chi connectivity index (χ1v) is 8.40. The first-order valence-electron chi connectivity index (χ1n) is 5.87. The molecule has 0 atom stereocenters. The lowest BCUT2D eigenvalue weighted by Crippen LogP contribution is -2.40. The minimum atomic E-state index is -3.83. The van der Waals surface area contributed by atoms with Crippen molar-refractivity contribution in [1.82, 2.24) is 4.90 Å². The zero-order chi connectivity index (χ0) is 14.8. The quantitative estimate of drug-likeness (QED) is 0.836. The van der Waals surface area contributed by atoms with Crippen molar-refractivity contribution in [2.75, 3.05) is 39.4 Å². The van der Waals surface area contributed by atoms with Crippen LogP contribution in [0.4, 0.5) is 0 Å². The molecule has 0 unspecified atom stereocenters. The van der Waals surface area contributed by atoms with Crippen molar-refractivity contribution in [2.24, 2.45) is 0 Å². The second-order valence-corrected chi connectivity index (χ2v) is 7.15. The molecule has 112 valence electrons. The van der Waals surface area contributed by atoms with Crippen LogP contribution >= 0.6 is 11.3 Å². The van der Waals surface area contributed by atoms with Gasteiger partial charge < -0.3 is 19.5 Å². The normalized spacial score (nSPS) is 16.2. The molecule has 0 bridgehead atoms. The van der Waals surface area contributed by atoms with Crippen molar-refractivity contribution in [1.29, 1.82) is 0 Å². The SMILES string of the molecule is COc1c(C(=O)N2CCOCC2)csc1S(=O)(=O)CO. The molecule has 9 heteroatoms. The number of amides is 1. The molecule has 1 aromatic rings. The number of nitrogens with zero attached hydrogens (tertiary/aromatic N) is 1. The van der Waals surface area contributed by atoms with Crippen molar-refractivity contribution in [3.05, 3.63) is 10.9 Å². The molecule has 0 spiro atoms. The standard InChI is InChI=1S/C11H15NO6S2/c1-17-9-8(6-19-11(9)20(15,16)7-13)10(14)12-2-4-18-5-3-12/h6,13H,2-5,7H2,1H3. The van der Waals surface area contributed by atoms with Crippen molar-refractivity contribution < 1.29 is 27.8 Å². The highest BCUT2D eigenvalue weighted by molar-refractivity contribution is 7.93. The van der Waals surface area contributed by atoms with E-state index in [0.717, 1.165) is 11.3 Å². The molecule has 20 heavy (non-hydrogen) atoms. The number of thiophene rings is 1. The van der Waals surface area contributed by atoms with Crippen LogP contribution < -0.4 is 4.74 Å². The van der Waals surface area contributed by atoms with Gasteiger partial charge in [-0.1, -0.05) is 0 Å². The molecule has 2 heterocycles. The van der Waals surface area contributed by atoms with E-state index >= 15 is 0 Å². The maximum Gasteiger partial charge on any atom is 0.258 e. The molecule has 1 aliphatic rings. The van der Waals surface area contributed by atoms with Gasteiger partial charge in [0.1, 0.15) is 5.94 Å². The molecule has 1 saturated heterocycles. The second kappa shape index (κ2) is 6.08. The van der Waals surface area contributed by atoms with Crippen LogP contribution in [0, 0.1) is 0 Å². The fourth-order valence-corrected chi connectivity index (χ4v) is 4.10. The van der Waals surface area contributed by atoms with E-state index < -0.39 is 15.8 Å². The zero-order valence-electron chi connectivity index (χ0n) is 10.9. The number of aliphatic hydroxyl groups excluding tert-OH is 1. The molecular weight excluding hydrogens is 306 g/mol. The van der Waals surface area contributed by atoms with E-state index in [-0.39, 0.29) is 21.4 Å². The molecule has 0 saturated carbocycles. The Bertz CT molecular complexity index is 588. The van der Waals surface area contributed by atoms with Crippen LogP contribution in [-0.4, -0.2) is 63.7 Å². The average Bonchev–Trinajstić information content (AvgIpc) is 2.92. The lowest BCUT2D eigenvalue weighted by Gasteiger charge is -2.26. The van der Waals surface area contributed by atoms with Crippen LogP contribution in [0.2, 0.25) is 0 Å². The highest BCUT2D eigenvalue weighted by Gasteiger charge is 2.29. The largest absolute Gasteiger partial charge is 0.494 e. The van der Waals surface area contributed by atoms with E-state index in [1.807, 2.05) is 0 Å². The third kappa shape index (κ3) is 2.80. The smallest absolute Gasteiger partial charge is 0.258 e. The van der Waals surface area contributed by atoms with E-state index in [0.29, 0.717) is 26.3 Å². The summed E-state index contributed by atoms with van der Waals surface area (Å²) in [5.74, 6) is -1.31. The van der Waals surface area contributed by atoms with Crippen LogP contribution in [0.3, 0.4) is 0 Å². The van der Waals surface area contributed by atoms with Gasteiger partial charge in [0.2, 0.25) is 9.84 Å². The molecule has 1 fully saturated rings. The third-order valence-electron chi connectivity index (χ3n) is 2.90. The number of ether oxygens (including phenoxy) is 2. The van der Waals surface area contributed by atoms with Gasteiger partial charge in [-0.2, -0.15) is 0 Å². The predicted molar refractivity (Wildman–Crippen MR) is 71.9 cm³/mol. The van der Waals surface area contributed by atoms with Gasteiger partial charge in [-0.15, -0.1) is 11.3 Å². The number of carbonyl (C=O) groups excluding carboxylic acids is 1. The van der Waals surface area contributed by atoms with Gasteiger partial charge in [0.25, 0.3) is 5.91 Å². The highest BCUT2D eigenvalue weighted by Crippen LogP contribution is 2.35. The fourth-order valence-electron chi connectivity index (χ4n) is 1.88. The molecule has 0 radical (unpaired) electrons. The second-order valence-electron chi connectivity index (χ2n) is 4.12. The number of methoxy groups -OCH3 is 1. The van der Waals surface area contributed by atoms with E-state index in [2.05, 4.69) is 0 Å². The van der Waals surface area contributed by atoms with Gasteiger partial charge in [-0.05, 0) is 0 Å². The van der Waals surface area contributed by atoms with Crippen molar-refractivity contribution >= 4 is 27.1 Å². The molecule has 1 amide bonds. The molecule has 2 rings (SSSR count). The van der Waals surface area contributed by atoms with Crippen LogP contribution in [0.25, 0.3) is 0 Å². The van der Waals surface area contributed by atoms with Crippen LogP contribution in [0.15, 0.2) is 9.59 Å². The Hall–Kier alpha value is -1.16. The maximum atomic E-state index is 12.3. The summed E-state index contributed by atoms with van der Waals surface area (Å²) in [6, 6.07) is 0. The first kappa shape index (κ1) is 15.2. The Morgan fingerprint density at radius 1 is 1.50 bits per heavy atom. The number of sulfone groups is 1. The van der Waals surface area contributed by atoms with Gasteiger partial charge in [-0.25, -0.2) is 8.42 Å². The van der Waals surface area contributed by atoms with Crippen LogP contribution in [0.1, 0.15) is 10.4 Å². The molecule has 0 aromatic carbocycles. The summed E-state index contributed by atoms with van der Waals surface area (Å²) in [7, 11) is -2.53. The van der Waals surface area contributed by atoms with E-state index in [1.165, 1.54) is 12.5 Å². The number of rotatable bonds is 4. The first-order chi connectivity index (χ1) is 9.51. The topological polar surface area (TPSA) is 93.1 Å². The monoisotopic (exact) mass is 321 g/mol. The van der Waals surface area contributed by atoms with Gasteiger partial charge >= 0.3 is 0 Å². The van der Waals surface area contributed by atoms with Crippen LogP contribution in [0.5, 0.6) is 5.75 Å². The predicted octanol–water partition coefficient (Wildman–Crippen LogP) is -0.0474. The molecule has 1 N–H and O–H groups in total. The Balaban J connectivity index is 2.35. The van der Waals surface area contributed by atoms with Crippen LogP contribution in [-0.2, 0) is 14.6 Å². The number of hydrogen-bond donors (Lipinski definition) is 1. The summed E-state index contributed by atoms with van der Waals surface area (Å²) in [4.78, 5) is 13.9. The summed E-state index contributed by atoms with van der Waals surface area (Å²) < 4.78 is 33.6. The number of morpholine rings is 1. The summed E-state index contributed by atoms with van der Waals surface area (Å²) >= 11 is 0.873. The minimum Gasteiger partial charge on any atom is -0.494 e. The van der Waals surface area contributed by atoms with Crippen molar-refractivity contribution in [2.45, 2.75) is 4.21 Å². The maximum absolute atomic E-state index is 12.3. The Kier molecular flexibility index (Phi) is 4.63. The van der Waals surface area contributed by atoms with Gasteiger partial charge in [0, 0.05) is 18.5 Å². The fraction of sp³-hybridized carbons (Fsp3) is 0.545. The number of hydrogen-bond acceptors (Lipinski definition) is 7. The molecule has 1 aromatic heterocycles. The zero-order valence-corrected chi connectivity index (χ0v) is 12.5. The summed E-state index contributed by atoms with van der Waals surface area (Å²) in [6.07, 6.45) is 0. The molecular formula is C11H15NO6S2. The van der Waals surface area contributed by atoms with Gasteiger partial charge in [0.15, 0.2) is 9.96 Å². The van der Waals surface area contributed by atoms with Gasteiger partial charge in [-0.3, -0.25) is 4.79 Å². The van der Waals surface area contributed by atoms with Crippen molar-refractivity contribution in [3.8, 4) is 5.75 Å². The minimum absolute atomic E-state index is 0.000502.